The van der Waals surface area contributed by atoms with Crippen molar-refractivity contribution in [2.24, 2.45) is 11.8 Å². The fraction of sp³-hybridized carbons (Fsp3) is 0.363. The Labute approximate surface area is 766 Å². The molecule has 0 spiro atoms. The Balaban J connectivity index is 0.000000183. The number of aryl methyl sites for hydroxylation is 2. The highest BCUT2D eigenvalue weighted by Gasteiger charge is 2.42. The van der Waals surface area contributed by atoms with Gasteiger partial charge in [-0.25, -0.2) is 39.1 Å². The van der Waals surface area contributed by atoms with Gasteiger partial charge in [0.25, 0.3) is 5.91 Å². The van der Waals surface area contributed by atoms with Crippen LogP contribution in [0.15, 0.2) is 195 Å². The van der Waals surface area contributed by atoms with E-state index < -0.39 is 59.9 Å². The lowest BCUT2D eigenvalue weighted by Gasteiger charge is -2.30. The van der Waals surface area contributed by atoms with Crippen molar-refractivity contribution in [3.05, 3.63) is 240 Å². The molecule has 0 aliphatic carbocycles. The Morgan fingerprint density at radius 1 is 0.402 bits per heavy atom. The second-order valence-electron chi connectivity index (χ2n) is 35.6. The SMILES string of the molecule is COC(=O)C[C@@H](C(=O)O)c1cccc(C)c1.COC(=O)N[C@H](C(=O)N1CCC[C@H]1c1ncc(-c2ccc3cc(-c4ccc(-c5cnc([C@@H]6CCCN6C(=O)OC(C)(C)C)[nH]5)cc4)ccc3c2)[nH]1)C(C)C.COC(=O)N[C@H](C(=O)N1CCC[C@H]1c1ncc(-c2ccc3cc(-c4ccc(-c5cnc([C@@H]6CCCN6C(=O)[C@H](NC(=O)OC)c6cccc(C)c6)[nH]5)cc4)ccc3c2)[nH]1)C(C)C. The monoisotopic (exact) mass is 1790 g/mol. The number of aromatic amines is 4. The molecule has 30 heteroatoms. The van der Waals surface area contributed by atoms with Gasteiger partial charge in [-0.05, 0) is 188 Å². The first kappa shape index (κ1) is 93.7. The van der Waals surface area contributed by atoms with Gasteiger partial charge in [-0.2, -0.15) is 0 Å². The lowest BCUT2D eigenvalue weighted by molar-refractivity contribution is -0.147. The molecule has 4 fully saturated rings. The molecule has 132 heavy (non-hydrogen) atoms. The summed E-state index contributed by atoms with van der Waals surface area (Å²) in [7, 11) is 5.12. The quantitative estimate of drug-likeness (QED) is 0.0218. The summed E-state index contributed by atoms with van der Waals surface area (Å²) in [5, 5.41) is 21.6. The minimum absolute atomic E-state index is 0.0963. The van der Waals surface area contributed by atoms with Gasteiger partial charge in [-0.3, -0.25) is 28.9 Å². The first-order valence-electron chi connectivity index (χ1n) is 44.8. The van der Waals surface area contributed by atoms with E-state index in [0.717, 1.165) is 169 Å². The van der Waals surface area contributed by atoms with E-state index in [-0.39, 0.29) is 66.2 Å². The summed E-state index contributed by atoms with van der Waals surface area (Å²) in [4.78, 5) is 152. The number of ether oxygens (including phenoxy) is 5. The number of carbonyl (C=O) groups excluding carboxylic acids is 8. The number of aliphatic carboxylic acids is 1. The second-order valence-corrected chi connectivity index (χ2v) is 35.6. The molecule has 30 nitrogen and oxygen atoms in total. The third-order valence-corrected chi connectivity index (χ3v) is 24.7. The first-order chi connectivity index (χ1) is 63.4. The molecule has 16 rings (SSSR count). The Morgan fingerprint density at radius 3 is 1.09 bits per heavy atom. The van der Waals surface area contributed by atoms with Gasteiger partial charge in [0.1, 0.15) is 47.0 Å². The predicted molar refractivity (Wildman–Crippen MR) is 501 cm³/mol. The van der Waals surface area contributed by atoms with Crippen LogP contribution in [0.3, 0.4) is 0 Å². The van der Waals surface area contributed by atoms with Gasteiger partial charge in [-0.1, -0.05) is 184 Å². The van der Waals surface area contributed by atoms with Crippen LogP contribution in [0.25, 0.3) is 88.8 Å². The number of H-pyrrole nitrogens is 4. The van der Waals surface area contributed by atoms with E-state index in [4.69, 9.17) is 39.0 Å². The van der Waals surface area contributed by atoms with Gasteiger partial charge in [0.15, 0.2) is 0 Å². The summed E-state index contributed by atoms with van der Waals surface area (Å²) < 4.78 is 24.5. The van der Waals surface area contributed by atoms with Crippen LogP contribution in [-0.2, 0) is 47.7 Å². The molecule has 4 saturated heterocycles. The molecule has 4 aliphatic rings. The second kappa shape index (κ2) is 41.5. The Bertz CT molecular complexity index is 6170. The summed E-state index contributed by atoms with van der Waals surface area (Å²) in [6.07, 6.45) is 11.5. The lowest BCUT2D eigenvalue weighted by Crippen LogP contribution is -2.51. The molecule has 8 aromatic carbocycles. The summed E-state index contributed by atoms with van der Waals surface area (Å²) in [5.74, 6) is -0.112. The van der Waals surface area contributed by atoms with Crippen molar-refractivity contribution >= 4 is 75.6 Å². The van der Waals surface area contributed by atoms with Crippen molar-refractivity contribution in [2.75, 3.05) is 54.6 Å². The molecule has 0 unspecified atom stereocenters. The normalized spacial score (nSPS) is 16.9. The molecule has 0 saturated carbocycles. The number of likely N-dealkylation sites (tertiary alicyclic amines) is 4. The third-order valence-electron chi connectivity index (χ3n) is 24.7. The number of hydrogen-bond acceptors (Lipinski definition) is 18. The number of imidazole rings is 4. The van der Waals surface area contributed by atoms with Gasteiger partial charge in [-0.15, -0.1) is 0 Å². The van der Waals surface area contributed by atoms with Gasteiger partial charge in [0.05, 0.1) is 113 Å². The number of carboxylic acids is 1. The average molecular weight is 1790 g/mol. The fourth-order valence-corrected chi connectivity index (χ4v) is 17.7. The van der Waals surface area contributed by atoms with Crippen molar-refractivity contribution in [1.82, 2.24) is 75.4 Å². The highest BCUT2D eigenvalue weighted by Crippen LogP contribution is 2.41. The molecule has 7 amide bonds. The fourth-order valence-electron chi connectivity index (χ4n) is 17.7. The van der Waals surface area contributed by atoms with Gasteiger partial charge in [0.2, 0.25) is 11.8 Å². The molecule has 8 atom stereocenters. The highest BCUT2D eigenvalue weighted by atomic mass is 16.6. The number of rotatable bonds is 23. The van der Waals surface area contributed by atoms with Crippen molar-refractivity contribution < 1.29 is 71.9 Å². The number of amides is 7. The van der Waals surface area contributed by atoms with Crippen LogP contribution in [-0.4, -0.2) is 191 Å². The molecular formula is C102H115N15O15. The molecule has 4 aromatic heterocycles. The molecule has 0 radical (unpaired) electrons. The smallest absolute Gasteiger partial charge is 0.410 e. The topological polar surface area (TPSA) is 384 Å². The maximum Gasteiger partial charge on any atom is 0.410 e. The third kappa shape index (κ3) is 22.0. The van der Waals surface area contributed by atoms with Gasteiger partial charge in [0, 0.05) is 37.3 Å². The molecule has 688 valence electrons. The van der Waals surface area contributed by atoms with Crippen LogP contribution >= 0.6 is 0 Å². The number of methoxy groups -OCH3 is 4. The van der Waals surface area contributed by atoms with Crippen LogP contribution in [0.1, 0.15) is 188 Å². The minimum atomic E-state index is -1.02. The van der Waals surface area contributed by atoms with Gasteiger partial charge < -0.3 is 79.4 Å². The van der Waals surface area contributed by atoms with E-state index >= 15 is 0 Å². The number of aromatic nitrogens is 8. The molecular weight excluding hydrogens is 1680 g/mol. The van der Waals surface area contributed by atoms with E-state index in [1.165, 1.54) is 28.4 Å². The van der Waals surface area contributed by atoms with E-state index in [2.05, 4.69) is 167 Å². The Kier molecular flexibility index (Phi) is 29.5. The van der Waals surface area contributed by atoms with E-state index in [9.17, 15) is 43.2 Å². The number of fused-ring (bicyclic) bond motifs is 2. The number of benzene rings is 8. The number of nitrogens with one attached hydrogen (secondary N) is 7. The number of hydrogen-bond donors (Lipinski definition) is 8. The summed E-state index contributed by atoms with van der Waals surface area (Å²) in [6.45, 7) is 19.5. The average Bonchev–Trinajstić information content (AvgIpc) is 1.61. The van der Waals surface area contributed by atoms with Crippen molar-refractivity contribution in [2.45, 2.75) is 174 Å². The number of carbonyl (C=O) groups is 9. The van der Waals surface area contributed by atoms with Crippen LogP contribution < -0.4 is 16.0 Å². The summed E-state index contributed by atoms with van der Waals surface area (Å²) in [5.41, 5.74) is 14.6. The van der Waals surface area contributed by atoms with Crippen molar-refractivity contribution in [1.29, 1.82) is 0 Å². The number of esters is 1. The van der Waals surface area contributed by atoms with Crippen LogP contribution in [0.2, 0.25) is 0 Å². The standard InChI is InChI=1S/C48H52N8O6.C42H49N7O5.C12H14O4/c1-28(2)41(53-47(59)61-4)45(57)55-21-7-11-39(55)44-50-27-38(52-44)35-20-19-33-24-32(17-18-34(33)25-35)30-13-15-31(16-14-30)37-26-49-43(51-37)40-12-8-22-56(40)46(58)42(54-48(60)62-5)36-10-6-9-29(3)23-36;1-25(2)36(47-40(51)53-6)39(50)48-19-7-9-34(48)37-44-24-33(46-37)31-18-17-29-21-28(15-16-30(29)22-31)26-11-13-27(14-12-26)32-23-43-38(45-32)35-10-8-20-49(35)41(52)54-42(3,4)5;1-8-4-3-5-9(6-8)10(12(14)15)7-11(13)16-2/h6,9-10,13-20,23-28,39-42H,7-8,11-12,21-22H2,1-5H3,(H,49,51)(H,50,52)(H,53,59)(H,54,60);11-18,21-25,34-36H,7-10,19-20H2,1-6H3,(H,43,45)(H,44,46)(H,47,51);3-6,10H,7H2,1-2H3,(H,14,15)/t39-,40-,41-,42+;34-,35-,36-;10-/m001/s1. The zero-order valence-electron chi connectivity index (χ0n) is 76.7. The van der Waals surface area contributed by atoms with Crippen molar-refractivity contribution in [3.63, 3.8) is 0 Å². The maximum absolute atomic E-state index is 14.0. The highest BCUT2D eigenvalue weighted by molar-refractivity contribution is 5.94. The molecule has 0 bridgehead atoms. The van der Waals surface area contributed by atoms with Crippen LogP contribution in [0.5, 0.6) is 0 Å². The lowest BCUT2D eigenvalue weighted by atomic mass is 9.95. The van der Waals surface area contributed by atoms with E-state index in [1.807, 2.05) is 127 Å². The number of nitrogens with zero attached hydrogens (tertiary/aromatic N) is 8. The zero-order valence-corrected chi connectivity index (χ0v) is 76.7. The molecule has 8 heterocycles. The number of carboxylic acid groups (broad SMARTS) is 1. The van der Waals surface area contributed by atoms with Crippen LogP contribution in [0.4, 0.5) is 19.2 Å². The van der Waals surface area contributed by atoms with E-state index in [1.54, 1.807) is 28.0 Å². The molecule has 4 aliphatic heterocycles. The van der Waals surface area contributed by atoms with Crippen LogP contribution in [0, 0.1) is 25.7 Å². The number of alkyl carbamates (subject to hydrolysis) is 3. The summed E-state index contributed by atoms with van der Waals surface area (Å²) >= 11 is 0. The predicted octanol–water partition coefficient (Wildman–Crippen LogP) is 18.5. The van der Waals surface area contributed by atoms with Crippen molar-refractivity contribution in [3.8, 4) is 67.3 Å². The van der Waals surface area contributed by atoms with Gasteiger partial charge >= 0.3 is 36.3 Å². The zero-order chi connectivity index (χ0) is 93.8. The maximum atomic E-state index is 14.0. The minimum Gasteiger partial charge on any atom is -0.481 e. The molecule has 12 aromatic rings. The summed E-state index contributed by atoms with van der Waals surface area (Å²) in [6, 6.07) is 54.0. The first-order valence-corrected chi connectivity index (χ1v) is 44.8. The Morgan fingerprint density at radius 2 is 0.727 bits per heavy atom. The van der Waals surface area contributed by atoms with E-state index in [0.29, 0.717) is 43.1 Å². The Hall–Kier alpha value is -14.5. The molecule has 8 N–H and O–H groups in total. The largest absolute Gasteiger partial charge is 0.481 e.